The fourth-order valence-electron chi connectivity index (χ4n) is 3.95. The van der Waals surface area contributed by atoms with Gasteiger partial charge in [0.25, 0.3) is 0 Å². The molecule has 0 aromatic heterocycles. The standard InChI is InChI=1S/C24H28O3/c1-23(2)13-11-19-18(10-7-16-5-8-17(25)9-6-16)20-12-14-24(3,4)27-22(20)15-21(19)26-23/h5-10,15,25H,11-14H2,1-4H3/b10-7+. The topological polar surface area (TPSA) is 38.7 Å². The van der Waals surface area contributed by atoms with Gasteiger partial charge in [-0.1, -0.05) is 24.3 Å². The summed E-state index contributed by atoms with van der Waals surface area (Å²) >= 11 is 0. The van der Waals surface area contributed by atoms with Crippen LogP contribution in [-0.2, 0) is 12.8 Å². The van der Waals surface area contributed by atoms with Gasteiger partial charge < -0.3 is 14.6 Å². The molecule has 2 aromatic carbocycles. The van der Waals surface area contributed by atoms with E-state index >= 15 is 0 Å². The number of phenolic OH excluding ortho intramolecular Hbond substituents is 1. The highest BCUT2D eigenvalue weighted by Gasteiger charge is 2.34. The molecule has 0 fully saturated rings. The monoisotopic (exact) mass is 364 g/mol. The number of hydrogen-bond acceptors (Lipinski definition) is 3. The maximum Gasteiger partial charge on any atom is 0.127 e. The first-order valence-electron chi connectivity index (χ1n) is 9.76. The Balaban J connectivity index is 1.80. The maximum atomic E-state index is 9.50. The van der Waals surface area contributed by atoms with Crippen LogP contribution in [0.25, 0.3) is 12.2 Å². The van der Waals surface area contributed by atoms with Crippen molar-refractivity contribution in [3.8, 4) is 17.2 Å². The van der Waals surface area contributed by atoms with Crippen molar-refractivity contribution < 1.29 is 14.6 Å². The molecule has 3 heteroatoms. The van der Waals surface area contributed by atoms with E-state index in [0.29, 0.717) is 0 Å². The number of ether oxygens (including phenoxy) is 2. The second-order valence-electron chi connectivity index (χ2n) is 8.89. The molecule has 3 nitrogen and oxygen atoms in total. The van der Waals surface area contributed by atoms with Gasteiger partial charge in [0, 0.05) is 17.2 Å². The first-order valence-corrected chi connectivity index (χ1v) is 9.76. The van der Waals surface area contributed by atoms with Gasteiger partial charge in [-0.2, -0.15) is 0 Å². The second-order valence-corrected chi connectivity index (χ2v) is 8.89. The third-order valence-corrected chi connectivity index (χ3v) is 5.57. The van der Waals surface area contributed by atoms with Gasteiger partial charge in [-0.15, -0.1) is 0 Å². The van der Waals surface area contributed by atoms with Crippen LogP contribution in [0.1, 0.15) is 62.8 Å². The summed E-state index contributed by atoms with van der Waals surface area (Å²) in [5, 5.41) is 9.50. The van der Waals surface area contributed by atoms with Crippen molar-refractivity contribution >= 4 is 12.2 Å². The van der Waals surface area contributed by atoms with Crippen LogP contribution in [0, 0.1) is 0 Å². The molecule has 0 spiro atoms. The van der Waals surface area contributed by atoms with E-state index in [-0.39, 0.29) is 17.0 Å². The molecular formula is C24H28O3. The normalized spacial score (nSPS) is 19.7. The summed E-state index contributed by atoms with van der Waals surface area (Å²) < 4.78 is 12.6. The van der Waals surface area contributed by atoms with Crippen LogP contribution in [0.15, 0.2) is 30.3 Å². The Hall–Kier alpha value is -2.42. The van der Waals surface area contributed by atoms with Gasteiger partial charge in [-0.05, 0) is 76.6 Å². The van der Waals surface area contributed by atoms with E-state index in [2.05, 4.69) is 45.9 Å². The van der Waals surface area contributed by atoms with Gasteiger partial charge in [0.05, 0.1) is 0 Å². The van der Waals surface area contributed by atoms with Gasteiger partial charge in [0.2, 0.25) is 0 Å². The largest absolute Gasteiger partial charge is 0.508 e. The fourth-order valence-corrected chi connectivity index (χ4v) is 3.95. The highest BCUT2D eigenvalue weighted by Crippen LogP contribution is 2.45. The first-order chi connectivity index (χ1) is 12.7. The molecule has 4 rings (SSSR count). The zero-order chi connectivity index (χ0) is 19.2. The molecule has 0 saturated heterocycles. The lowest BCUT2D eigenvalue weighted by atomic mass is 9.84. The van der Waals surface area contributed by atoms with Crippen molar-refractivity contribution in [1.29, 1.82) is 0 Å². The predicted octanol–water partition coefficient (Wildman–Crippen LogP) is 5.77. The molecule has 0 atom stereocenters. The van der Waals surface area contributed by atoms with Crippen molar-refractivity contribution in [3.05, 3.63) is 52.6 Å². The molecule has 1 N–H and O–H groups in total. The van der Waals surface area contributed by atoms with Crippen LogP contribution in [0.4, 0.5) is 0 Å². The molecule has 2 heterocycles. The van der Waals surface area contributed by atoms with E-state index in [1.54, 1.807) is 12.1 Å². The third kappa shape index (κ3) is 3.69. The molecule has 2 aliphatic heterocycles. The summed E-state index contributed by atoms with van der Waals surface area (Å²) in [7, 11) is 0. The number of fused-ring (bicyclic) bond motifs is 2. The summed E-state index contributed by atoms with van der Waals surface area (Å²) in [6, 6.07) is 9.38. The Morgan fingerprint density at radius 2 is 1.33 bits per heavy atom. The van der Waals surface area contributed by atoms with Crippen LogP contribution >= 0.6 is 0 Å². The number of aromatic hydroxyl groups is 1. The minimum atomic E-state index is -0.149. The Morgan fingerprint density at radius 3 is 1.85 bits per heavy atom. The average molecular weight is 364 g/mol. The van der Waals surface area contributed by atoms with Crippen LogP contribution in [-0.4, -0.2) is 16.3 Å². The summed E-state index contributed by atoms with van der Waals surface area (Å²) in [4.78, 5) is 0. The smallest absolute Gasteiger partial charge is 0.127 e. The van der Waals surface area contributed by atoms with Gasteiger partial charge in [0.15, 0.2) is 0 Å². The Kier molecular flexibility index (Phi) is 4.21. The number of hydrogen-bond donors (Lipinski definition) is 1. The lowest BCUT2D eigenvalue weighted by Gasteiger charge is -2.38. The third-order valence-electron chi connectivity index (χ3n) is 5.57. The molecule has 2 aliphatic rings. The fraction of sp³-hybridized carbons (Fsp3) is 0.417. The molecule has 0 radical (unpaired) electrons. The van der Waals surface area contributed by atoms with Crippen molar-refractivity contribution in [1.82, 2.24) is 0 Å². The van der Waals surface area contributed by atoms with Crippen LogP contribution in [0.5, 0.6) is 17.2 Å². The van der Waals surface area contributed by atoms with Crippen LogP contribution < -0.4 is 9.47 Å². The van der Waals surface area contributed by atoms with Crippen molar-refractivity contribution in [3.63, 3.8) is 0 Å². The molecule has 2 aromatic rings. The second kappa shape index (κ2) is 6.33. The van der Waals surface area contributed by atoms with Gasteiger partial charge >= 0.3 is 0 Å². The van der Waals surface area contributed by atoms with Gasteiger partial charge in [-0.3, -0.25) is 0 Å². The van der Waals surface area contributed by atoms with E-state index in [9.17, 15) is 5.11 Å². The van der Waals surface area contributed by atoms with Gasteiger partial charge in [0.1, 0.15) is 28.5 Å². The zero-order valence-corrected chi connectivity index (χ0v) is 16.6. The van der Waals surface area contributed by atoms with E-state index < -0.39 is 0 Å². The van der Waals surface area contributed by atoms with E-state index in [1.165, 1.54) is 16.7 Å². The molecule has 27 heavy (non-hydrogen) atoms. The summed E-state index contributed by atoms with van der Waals surface area (Å²) in [6.45, 7) is 8.58. The van der Waals surface area contributed by atoms with Gasteiger partial charge in [-0.25, -0.2) is 0 Å². The Labute approximate surface area is 161 Å². The number of rotatable bonds is 2. The summed E-state index contributed by atoms with van der Waals surface area (Å²) in [5.41, 5.74) is 4.57. The van der Waals surface area contributed by atoms with Crippen LogP contribution in [0.2, 0.25) is 0 Å². The van der Waals surface area contributed by atoms with Crippen molar-refractivity contribution in [2.24, 2.45) is 0 Å². The van der Waals surface area contributed by atoms with E-state index in [0.717, 1.165) is 42.7 Å². The SMILES string of the molecule is CC1(C)CCc2c(cc3c(c2/C=C/c2ccc(O)cc2)CCC(C)(C)O3)O1. The van der Waals surface area contributed by atoms with Crippen molar-refractivity contribution in [2.45, 2.75) is 64.6 Å². The van der Waals surface area contributed by atoms with E-state index in [4.69, 9.17) is 9.47 Å². The zero-order valence-electron chi connectivity index (χ0n) is 16.6. The lowest BCUT2D eigenvalue weighted by molar-refractivity contribution is 0.0736. The average Bonchev–Trinajstić information content (AvgIpc) is 2.58. The molecule has 0 aliphatic carbocycles. The molecular weight excluding hydrogens is 336 g/mol. The summed E-state index contributed by atoms with van der Waals surface area (Å²) in [5.74, 6) is 2.19. The quantitative estimate of drug-likeness (QED) is 0.688. The Morgan fingerprint density at radius 1 is 0.815 bits per heavy atom. The number of benzene rings is 2. The molecule has 0 unspecified atom stereocenters. The molecule has 0 saturated carbocycles. The first kappa shape index (κ1) is 18.0. The van der Waals surface area contributed by atoms with E-state index in [1.807, 2.05) is 12.1 Å². The van der Waals surface area contributed by atoms with Crippen molar-refractivity contribution in [2.75, 3.05) is 0 Å². The number of phenols is 1. The minimum absolute atomic E-state index is 0.149. The highest BCUT2D eigenvalue weighted by atomic mass is 16.5. The minimum Gasteiger partial charge on any atom is -0.508 e. The molecule has 0 bridgehead atoms. The molecule has 142 valence electrons. The lowest BCUT2D eigenvalue weighted by Crippen LogP contribution is -2.35. The maximum absolute atomic E-state index is 9.50. The summed E-state index contributed by atoms with van der Waals surface area (Å²) in [6.07, 6.45) is 8.32. The molecule has 0 amide bonds. The predicted molar refractivity (Wildman–Crippen MR) is 110 cm³/mol. The highest BCUT2D eigenvalue weighted by molar-refractivity contribution is 5.76. The van der Waals surface area contributed by atoms with Crippen LogP contribution in [0.3, 0.4) is 0 Å². The Bertz CT molecular complexity index is 845.